The highest BCUT2D eigenvalue weighted by molar-refractivity contribution is 5.75. The van der Waals surface area contributed by atoms with Gasteiger partial charge >= 0.3 is 0 Å². The zero-order valence-corrected chi connectivity index (χ0v) is 13.6. The van der Waals surface area contributed by atoms with E-state index in [1.54, 1.807) is 6.92 Å². The number of hydrogen-bond donors (Lipinski definition) is 4. The van der Waals surface area contributed by atoms with Crippen molar-refractivity contribution in [3.05, 3.63) is 35.9 Å². The lowest BCUT2D eigenvalue weighted by atomic mass is 10.0. The van der Waals surface area contributed by atoms with E-state index in [1.807, 2.05) is 42.2 Å². The lowest BCUT2D eigenvalue weighted by Crippen LogP contribution is -2.48. The number of likely N-dealkylation sites (tertiary alicyclic amines) is 1. The van der Waals surface area contributed by atoms with E-state index < -0.39 is 24.3 Å². The van der Waals surface area contributed by atoms with Crippen LogP contribution in [-0.4, -0.2) is 63.6 Å². The molecule has 5 atom stereocenters. The van der Waals surface area contributed by atoms with Gasteiger partial charge in [0.05, 0.1) is 30.9 Å². The first-order chi connectivity index (χ1) is 11.0. The highest BCUT2D eigenvalue weighted by Gasteiger charge is 2.49. The van der Waals surface area contributed by atoms with Gasteiger partial charge in [-0.2, -0.15) is 0 Å². The second-order valence-corrected chi connectivity index (χ2v) is 5.99. The second-order valence-electron chi connectivity index (χ2n) is 5.99. The molecule has 1 unspecified atom stereocenters. The third-order valence-corrected chi connectivity index (χ3v) is 4.65. The van der Waals surface area contributed by atoms with E-state index in [1.165, 1.54) is 0 Å². The van der Waals surface area contributed by atoms with Crippen LogP contribution in [0.25, 0.3) is 0 Å². The zero-order valence-electron chi connectivity index (χ0n) is 13.6. The van der Waals surface area contributed by atoms with Crippen LogP contribution >= 0.6 is 0 Å². The molecule has 6 nitrogen and oxygen atoms in total. The highest BCUT2D eigenvalue weighted by Crippen LogP contribution is 2.34. The van der Waals surface area contributed by atoms with Gasteiger partial charge in [-0.15, -0.1) is 0 Å². The number of hydrogen-bond acceptors (Lipinski definition) is 5. The third-order valence-electron chi connectivity index (χ3n) is 4.65. The van der Waals surface area contributed by atoms with Crippen LogP contribution in [0.1, 0.15) is 31.9 Å². The van der Waals surface area contributed by atoms with E-state index in [0.29, 0.717) is 6.42 Å². The Hall–Kier alpha value is -1.47. The molecule has 1 aliphatic rings. The van der Waals surface area contributed by atoms with Crippen LogP contribution in [0.3, 0.4) is 0 Å². The minimum Gasteiger partial charge on any atom is -0.395 e. The molecular weight excluding hydrogens is 296 g/mol. The van der Waals surface area contributed by atoms with Gasteiger partial charge in [0.15, 0.2) is 0 Å². The molecule has 23 heavy (non-hydrogen) atoms. The van der Waals surface area contributed by atoms with Crippen molar-refractivity contribution < 1.29 is 20.1 Å². The molecule has 1 fully saturated rings. The molecule has 1 aromatic carbocycles. The molecule has 1 aromatic rings. The quantitative estimate of drug-likeness (QED) is 0.593. The zero-order chi connectivity index (χ0) is 17.0. The van der Waals surface area contributed by atoms with E-state index in [2.05, 4.69) is 5.32 Å². The van der Waals surface area contributed by atoms with Gasteiger partial charge in [0.1, 0.15) is 0 Å². The van der Waals surface area contributed by atoms with Crippen LogP contribution in [0, 0.1) is 0 Å². The Balaban J connectivity index is 2.24. The third kappa shape index (κ3) is 3.72. The van der Waals surface area contributed by atoms with Gasteiger partial charge in [0.2, 0.25) is 5.91 Å². The van der Waals surface area contributed by atoms with Gasteiger partial charge in [0, 0.05) is 19.0 Å². The smallest absolute Gasteiger partial charge is 0.219 e. The van der Waals surface area contributed by atoms with E-state index >= 15 is 0 Å². The summed E-state index contributed by atoms with van der Waals surface area (Å²) in [5.74, 6) is -0.105. The van der Waals surface area contributed by atoms with Crippen LogP contribution in [0.4, 0.5) is 0 Å². The summed E-state index contributed by atoms with van der Waals surface area (Å²) < 4.78 is 0. The lowest BCUT2D eigenvalue weighted by Gasteiger charge is -2.35. The molecule has 128 valence electrons. The average molecular weight is 322 g/mol. The molecule has 0 radical (unpaired) electrons. The molecule has 0 bridgehead atoms. The van der Waals surface area contributed by atoms with Crippen LogP contribution in [0.15, 0.2) is 30.3 Å². The number of benzene rings is 1. The molecule has 1 amide bonds. The van der Waals surface area contributed by atoms with E-state index in [-0.39, 0.29) is 25.1 Å². The molecular formula is C17H26N2O4. The summed E-state index contributed by atoms with van der Waals surface area (Å²) >= 11 is 0. The van der Waals surface area contributed by atoms with Crippen LogP contribution in [0.5, 0.6) is 0 Å². The molecule has 4 N–H and O–H groups in total. The summed E-state index contributed by atoms with van der Waals surface area (Å²) in [6.45, 7) is 3.71. The van der Waals surface area contributed by atoms with Crippen molar-refractivity contribution in [2.24, 2.45) is 0 Å². The minimum absolute atomic E-state index is 0.105. The summed E-state index contributed by atoms with van der Waals surface area (Å²) in [4.78, 5) is 13.4. The number of amides is 1. The largest absolute Gasteiger partial charge is 0.395 e. The topological polar surface area (TPSA) is 93.0 Å². The fourth-order valence-corrected chi connectivity index (χ4v) is 3.30. The summed E-state index contributed by atoms with van der Waals surface area (Å²) in [6.07, 6.45) is -1.70. The Morgan fingerprint density at radius 1 is 1.22 bits per heavy atom. The maximum atomic E-state index is 11.5. The maximum Gasteiger partial charge on any atom is 0.219 e. The first-order valence-electron chi connectivity index (χ1n) is 8.07. The molecule has 1 aliphatic heterocycles. The maximum absolute atomic E-state index is 11.5. The van der Waals surface area contributed by atoms with Crippen molar-refractivity contribution in [3.8, 4) is 0 Å². The highest BCUT2D eigenvalue weighted by atomic mass is 16.3. The van der Waals surface area contributed by atoms with E-state index in [0.717, 1.165) is 5.56 Å². The lowest BCUT2D eigenvalue weighted by molar-refractivity contribution is -0.121. The second kappa shape index (κ2) is 7.88. The van der Waals surface area contributed by atoms with Crippen molar-refractivity contribution in [2.75, 3.05) is 13.2 Å². The number of carbonyl (C=O) groups is 1. The summed E-state index contributed by atoms with van der Waals surface area (Å²) in [6, 6.07) is 8.59. The SMILES string of the molecule is CCC(=O)NC[C@@H]1[C@@H](O)[C@H](O)[C@@H](CO)N1C(C)c1ccccc1. The number of carbonyl (C=O) groups excluding carboxylic acids is 1. The van der Waals surface area contributed by atoms with Crippen LogP contribution in [-0.2, 0) is 4.79 Å². The summed E-state index contributed by atoms with van der Waals surface area (Å²) in [5.41, 5.74) is 1.03. The Morgan fingerprint density at radius 3 is 2.39 bits per heavy atom. The summed E-state index contributed by atoms with van der Waals surface area (Å²) in [7, 11) is 0. The predicted octanol–water partition coefficient (Wildman–Crippen LogP) is 0.0407. The van der Waals surface area contributed by atoms with Crippen molar-refractivity contribution in [2.45, 2.75) is 50.6 Å². The molecule has 0 spiro atoms. The first kappa shape index (κ1) is 17.9. The van der Waals surface area contributed by atoms with Crippen molar-refractivity contribution in [1.29, 1.82) is 0 Å². The molecule has 0 saturated carbocycles. The molecule has 0 aromatic heterocycles. The minimum atomic E-state index is -1.05. The predicted molar refractivity (Wildman–Crippen MR) is 86.7 cm³/mol. The molecule has 2 rings (SSSR count). The normalized spacial score (nSPS) is 29.4. The van der Waals surface area contributed by atoms with Crippen LogP contribution in [0.2, 0.25) is 0 Å². The van der Waals surface area contributed by atoms with Gasteiger partial charge < -0.3 is 20.6 Å². The Morgan fingerprint density at radius 2 is 1.83 bits per heavy atom. The number of rotatable bonds is 6. The number of nitrogens with zero attached hydrogens (tertiary/aromatic N) is 1. The Kier molecular flexibility index (Phi) is 6.12. The van der Waals surface area contributed by atoms with Crippen molar-refractivity contribution >= 4 is 5.91 Å². The fraction of sp³-hybridized carbons (Fsp3) is 0.588. The van der Waals surface area contributed by atoms with Gasteiger partial charge in [-0.05, 0) is 12.5 Å². The van der Waals surface area contributed by atoms with Crippen LogP contribution < -0.4 is 5.32 Å². The molecule has 6 heteroatoms. The van der Waals surface area contributed by atoms with Crippen molar-refractivity contribution in [1.82, 2.24) is 10.2 Å². The molecule has 1 saturated heterocycles. The Labute approximate surface area is 136 Å². The standard InChI is InChI=1S/C17H26N2O4/c1-3-15(21)18-9-13-16(22)17(23)14(10-20)19(13)11(2)12-7-5-4-6-8-12/h4-8,11,13-14,16-17,20,22-23H,3,9-10H2,1-2H3,(H,18,21)/t11?,13-,14-,16-,17-/m1/s1. The first-order valence-corrected chi connectivity index (χ1v) is 8.07. The number of nitrogens with one attached hydrogen (secondary N) is 1. The number of aliphatic hydroxyl groups excluding tert-OH is 3. The van der Waals surface area contributed by atoms with Gasteiger partial charge in [-0.1, -0.05) is 37.3 Å². The Bertz CT molecular complexity index is 511. The van der Waals surface area contributed by atoms with Gasteiger partial charge in [-0.25, -0.2) is 0 Å². The van der Waals surface area contributed by atoms with E-state index in [4.69, 9.17) is 0 Å². The van der Waals surface area contributed by atoms with Crippen molar-refractivity contribution in [3.63, 3.8) is 0 Å². The molecule has 0 aliphatic carbocycles. The van der Waals surface area contributed by atoms with Gasteiger partial charge in [-0.3, -0.25) is 9.69 Å². The summed E-state index contributed by atoms with van der Waals surface area (Å²) in [5, 5.41) is 33.0. The fourth-order valence-electron chi connectivity index (χ4n) is 3.30. The van der Waals surface area contributed by atoms with Gasteiger partial charge in [0.25, 0.3) is 0 Å². The molecule has 1 heterocycles. The monoisotopic (exact) mass is 322 g/mol. The van der Waals surface area contributed by atoms with E-state index in [9.17, 15) is 20.1 Å². The number of aliphatic hydroxyl groups is 3. The average Bonchev–Trinajstić information content (AvgIpc) is 2.83.